The number of sulfonamides is 1. The van der Waals surface area contributed by atoms with Crippen LogP contribution in [0.15, 0.2) is 24.3 Å². The van der Waals surface area contributed by atoms with E-state index in [0.717, 1.165) is 24.3 Å². The highest BCUT2D eigenvalue weighted by Crippen LogP contribution is 2.17. The quantitative estimate of drug-likeness (QED) is 0.753. The lowest BCUT2D eigenvalue weighted by atomic mass is 10.2. The van der Waals surface area contributed by atoms with Crippen molar-refractivity contribution >= 4 is 39.1 Å². The number of hydrogen-bond donors (Lipinski definition) is 3. The molecule has 1 atom stereocenters. The molecule has 1 fully saturated rings. The van der Waals surface area contributed by atoms with Gasteiger partial charge in [-0.3, -0.25) is 9.52 Å². The Kier molecular flexibility index (Phi) is 5.49. The van der Waals surface area contributed by atoms with Gasteiger partial charge in [-0.1, -0.05) is 6.07 Å². The van der Waals surface area contributed by atoms with E-state index in [0.29, 0.717) is 17.8 Å². The summed E-state index contributed by atoms with van der Waals surface area (Å²) < 4.78 is 24.8. The molecule has 1 saturated heterocycles. The van der Waals surface area contributed by atoms with Gasteiger partial charge in [0.05, 0.1) is 11.9 Å². The number of nitrogens with one attached hydrogen (secondary N) is 3. The first-order chi connectivity index (χ1) is 9.92. The summed E-state index contributed by atoms with van der Waals surface area (Å²) in [6.07, 6.45) is 1.50. The van der Waals surface area contributed by atoms with E-state index in [9.17, 15) is 13.2 Å². The highest BCUT2D eigenvalue weighted by atomic mass is 32.2. The molecule has 0 saturated carbocycles. The zero-order chi connectivity index (χ0) is 15.3. The maximum absolute atomic E-state index is 12.0. The van der Waals surface area contributed by atoms with Crippen molar-refractivity contribution in [2.45, 2.75) is 12.5 Å². The second kappa shape index (κ2) is 7.15. The second-order valence-electron chi connectivity index (χ2n) is 4.93. The summed E-state index contributed by atoms with van der Waals surface area (Å²) in [6, 6.07) is 6.85. The molecule has 1 aromatic rings. The molecule has 1 aliphatic heterocycles. The predicted molar refractivity (Wildman–Crippen MR) is 87.3 cm³/mol. The molecule has 1 aliphatic rings. The number of carbonyl (C=O) groups excluding carboxylic acids is 1. The molecule has 2 rings (SSSR count). The molecule has 8 heteroatoms. The number of thioether (sulfide) groups is 1. The largest absolute Gasteiger partial charge is 0.326 e. The molecule has 1 aromatic carbocycles. The topological polar surface area (TPSA) is 87.3 Å². The van der Waals surface area contributed by atoms with Gasteiger partial charge in [0.25, 0.3) is 0 Å². The molecule has 1 heterocycles. The zero-order valence-corrected chi connectivity index (χ0v) is 13.4. The van der Waals surface area contributed by atoms with Gasteiger partial charge in [-0.25, -0.2) is 8.42 Å². The standard InChI is InChI=1S/C13H19N3O3S2/c1-21(18,19)16-11-4-2-3-10(7-11)15-13(17)8-12-9-20-6-5-14-12/h2-4,7,12,14,16H,5-6,8-9H2,1H3,(H,15,17). The van der Waals surface area contributed by atoms with Gasteiger partial charge >= 0.3 is 0 Å². The van der Waals surface area contributed by atoms with E-state index in [2.05, 4.69) is 15.4 Å². The van der Waals surface area contributed by atoms with Crippen molar-refractivity contribution < 1.29 is 13.2 Å². The molecular weight excluding hydrogens is 310 g/mol. The zero-order valence-electron chi connectivity index (χ0n) is 11.8. The monoisotopic (exact) mass is 329 g/mol. The number of anilines is 2. The van der Waals surface area contributed by atoms with Gasteiger partial charge in [0.1, 0.15) is 0 Å². The first kappa shape index (κ1) is 16.1. The van der Waals surface area contributed by atoms with E-state index in [4.69, 9.17) is 0 Å². The third kappa shape index (κ3) is 5.94. The van der Waals surface area contributed by atoms with Crippen molar-refractivity contribution in [2.75, 3.05) is 34.3 Å². The van der Waals surface area contributed by atoms with Crippen LogP contribution in [0.3, 0.4) is 0 Å². The van der Waals surface area contributed by atoms with Gasteiger partial charge in [0.15, 0.2) is 0 Å². The lowest BCUT2D eigenvalue weighted by Crippen LogP contribution is -2.39. The first-order valence-electron chi connectivity index (χ1n) is 6.61. The molecule has 0 radical (unpaired) electrons. The minimum absolute atomic E-state index is 0.0773. The summed E-state index contributed by atoms with van der Waals surface area (Å²) in [4.78, 5) is 12.0. The normalized spacial score (nSPS) is 19.0. The van der Waals surface area contributed by atoms with Crippen molar-refractivity contribution in [3.63, 3.8) is 0 Å². The van der Waals surface area contributed by atoms with Crippen molar-refractivity contribution in [3.8, 4) is 0 Å². The Labute approximate surface area is 129 Å². The van der Waals surface area contributed by atoms with E-state index in [-0.39, 0.29) is 11.9 Å². The van der Waals surface area contributed by atoms with Gasteiger partial charge < -0.3 is 10.6 Å². The van der Waals surface area contributed by atoms with Crippen molar-refractivity contribution in [2.24, 2.45) is 0 Å². The van der Waals surface area contributed by atoms with Gasteiger partial charge in [0.2, 0.25) is 15.9 Å². The molecule has 6 nitrogen and oxygen atoms in total. The number of benzene rings is 1. The molecule has 3 N–H and O–H groups in total. The summed E-state index contributed by atoms with van der Waals surface area (Å²) in [7, 11) is -3.32. The van der Waals surface area contributed by atoms with Crippen LogP contribution in [-0.4, -0.2) is 44.7 Å². The van der Waals surface area contributed by atoms with E-state index in [1.807, 2.05) is 11.8 Å². The summed E-state index contributed by atoms with van der Waals surface area (Å²) in [5.41, 5.74) is 1.01. The Morgan fingerprint density at radius 1 is 1.43 bits per heavy atom. The molecule has 0 spiro atoms. The second-order valence-corrected chi connectivity index (χ2v) is 7.83. The minimum Gasteiger partial charge on any atom is -0.326 e. The fourth-order valence-corrected chi connectivity index (χ4v) is 3.57. The number of rotatable bonds is 5. The third-order valence-electron chi connectivity index (χ3n) is 2.88. The van der Waals surface area contributed by atoms with E-state index in [1.54, 1.807) is 24.3 Å². The lowest BCUT2D eigenvalue weighted by molar-refractivity contribution is -0.116. The molecule has 0 aromatic heterocycles. The highest BCUT2D eigenvalue weighted by Gasteiger charge is 2.16. The maximum Gasteiger partial charge on any atom is 0.229 e. The highest BCUT2D eigenvalue weighted by molar-refractivity contribution is 7.99. The molecule has 1 unspecified atom stereocenters. The number of hydrogen-bond acceptors (Lipinski definition) is 5. The van der Waals surface area contributed by atoms with Gasteiger partial charge in [-0.15, -0.1) is 0 Å². The SMILES string of the molecule is CS(=O)(=O)Nc1cccc(NC(=O)CC2CSCCN2)c1. The Morgan fingerprint density at radius 3 is 2.86 bits per heavy atom. The summed E-state index contributed by atoms with van der Waals surface area (Å²) in [5.74, 6) is 1.94. The van der Waals surface area contributed by atoms with Crippen LogP contribution in [-0.2, 0) is 14.8 Å². The van der Waals surface area contributed by atoms with Gasteiger partial charge in [0, 0.05) is 36.2 Å². The molecule has 0 aliphatic carbocycles. The van der Waals surface area contributed by atoms with Crippen LogP contribution < -0.4 is 15.4 Å². The number of amides is 1. The van der Waals surface area contributed by atoms with E-state index < -0.39 is 10.0 Å². The lowest BCUT2D eigenvalue weighted by Gasteiger charge is -2.22. The Balaban J connectivity index is 1.92. The van der Waals surface area contributed by atoms with Crippen LogP contribution in [0.2, 0.25) is 0 Å². The average molecular weight is 329 g/mol. The molecule has 0 bridgehead atoms. The van der Waals surface area contributed by atoms with Crippen LogP contribution in [0.25, 0.3) is 0 Å². The molecule has 1 amide bonds. The van der Waals surface area contributed by atoms with Crippen LogP contribution >= 0.6 is 11.8 Å². The van der Waals surface area contributed by atoms with Crippen molar-refractivity contribution in [1.82, 2.24) is 5.32 Å². The van der Waals surface area contributed by atoms with Crippen LogP contribution in [0.5, 0.6) is 0 Å². The molecular formula is C13H19N3O3S2. The van der Waals surface area contributed by atoms with Crippen molar-refractivity contribution in [3.05, 3.63) is 24.3 Å². The Hall–Kier alpha value is -1.25. The third-order valence-corrected chi connectivity index (χ3v) is 4.62. The van der Waals surface area contributed by atoms with E-state index in [1.165, 1.54) is 0 Å². The number of carbonyl (C=O) groups is 1. The summed E-state index contributed by atoms with van der Waals surface area (Å²) in [6.45, 7) is 0.927. The molecule has 116 valence electrons. The predicted octanol–water partition coefficient (Wildman–Crippen LogP) is 1.09. The van der Waals surface area contributed by atoms with Gasteiger partial charge in [-0.05, 0) is 18.2 Å². The van der Waals surface area contributed by atoms with Crippen molar-refractivity contribution in [1.29, 1.82) is 0 Å². The maximum atomic E-state index is 12.0. The molecule has 21 heavy (non-hydrogen) atoms. The van der Waals surface area contributed by atoms with Crippen LogP contribution in [0, 0.1) is 0 Å². The Bertz CT molecular complexity index is 598. The fourth-order valence-electron chi connectivity index (χ4n) is 2.06. The summed E-state index contributed by atoms with van der Waals surface area (Å²) in [5, 5.41) is 6.10. The fraction of sp³-hybridized carbons (Fsp3) is 0.462. The average Bonchev–Trinajstić information content (AvgIpc) is 2.38. The smallest absolute Gasteiger partial charge is 0.229 e. The Morgan fingerprint density at radius 2 is 2.19 bits per heavy atom. The summed E-state index contributed by atoms with van der Waals surface area (Å²) >= 11 is 1.84. The van der Waals surface area contributed by atoms with Crippen LogP contribution in [0.1, 0.15) is 6.42 Å². The van der Waals surface area contributed by atoms with E-state index >= 15 is 0 Å². The van der Waals surface area contributed by atoms with Crippen LogP contribution in [0.4, 0.5) is 11.4 Å². The van der Waals surface area contributed by atoms with Gasteiger partial charge in [-0.2, -0.15) is 11.8 Å². The first-order valence-corrected chi connectivity index (χ1v) is 9.66. The minimum atomic E-state index is -3.32.